The molecular weight excluding hydrogens is 601 g/mol. The molecule has 4 heteroatoms. The van der Waals surface area contributed by atoms with Crippen LogP contribution >= 0.6 is 11.3 Å². The molecule has 0 aliphatic heterocycles. The van der Waals surface area contributed by atoms with Gasteiger partial charge in [0.05, 0.1) is 0 Å². The summed E-state index contributed by atoms with van der Waals surface area (Å²) in [4.78, 5) is 9.02. The van der Waals surface area contributed by atoms with Crippen molar-refractivity contribution in [3.63, 3.8) is 0 Å². The summed E-state index contributed by atoms with van der Waals surface area (Å²) in [7, 11) is 0. The van der Waals surface area contributed by atoms with Crippen LogP contribution in [0.25, 0.3) is 53.1 Å². The fraction of sp³-hybridized carbons (Fsp3) is 0.0345. The van der Waals surface area contributed by atoms with Gasteiger partial charge in [0.1, 0.15) is 0 Å². The Morgan fingerprint density at radius 2 is 1.61 bits per heavy atom. The third-order valence-electron chi connectivity index (χ3n) is 5.64. The van der Waals surface area contributed by atoms with E-state index in [9.17, 15) is 0 Å². The Labute approximate surface area is 209 Å². The molecule has 0 spiro atoms. The number of hydrogen-bond acceptors (Lipinski definition) is 3. The molecule has 161 valence electrons. The first-order chi connectivity index (χ1) is 15.8. The van der Waals surface area contributed by atoms with Crippen molar-refractivity contribution < 1.29 is 20.1 Å². The summed E-state index contributed by atoms with van der Waals surface area (Å²) in [6.45, 7) is 2.07. The first-order valence-corrected chi connectivity index (χ1v) is 11.3. The van der Waals surface area contributed by atoms with Crippen LogP contribution in [0.2, 0.25) is 0 Å². The molecule has 3 aromatic heterocycles. The third kappa shape index (κ3) is 3.81. The maximum atomic E-state index is 4.80. The molecule has 33 heavy (non-hydrogen) atoms. The smallest absolute Gasteiger partial charge is 0.0345 e. The van der Waals surface area contributed by atoms with Crippen LogP contribution in [0.15, 0.2) is 91.1 Å². The fourth-order valence-electron chi connectivity index (χ4n) is 4.30. The van der Waals surface area contributed by atoms with Crippen LogP contribution in [-0.4, -0.2) is 9.97 Å². The molecule has 0 N–H and O–H groups in total. The fourth-order valence-corrected chi connectivity index (χ4v) is 5.52. The predicted molar refractivity (Wildman–Crippen MR) is 135 cm³/mol. The first-order valence-electron chi connectivity index (χ1n) is 10.5. The number of fused-ring (bicyclic) bond motifs is 3. The number of hydrogen-bond donors (Lipinski definition) is 0. The molecule has 0 fully saturated rings. The molecular formula is C29H18IrN2S-2. The van der Waals surface area contributed by atoms with Gasteiger partial charge in [-0.2, -0.15) is 0 Å². The molecule has 2 nitrogen and oxygen atoms in total. The van der Waals surface area contributed by atoms with Gasteiger partial charge < -0.3 is 9.97 Å². The SMILES string of the molecule is Cc1cc2sc3cccc4c5ccc[c-]c5c(n1)c2c34.[Ir].[c-]1ccccc1-c1ccccn1. The molecule has 0 aliphatic carbocycles. The largest absolute Gasteiger partial charge is 0.305 e. The second-order valence-electron chi connectivity index (χ2n) is 7.72. The van der Waals surface area contributed by atoms with Crippen LogP contribution in [0.3, 0.4) is 0 Å². The molecule has 0 saturated carbocycles. The van der Waals surface area contributed by atoms with E-state index in [1.54, 1.807) is 6.20 Å². The van der Waals surface area contributed by atoms with Crippen molar-refractivity contribution in [2.75, 3.05) is 0 Å². The van der Waals surface area contributed by atoms with Crippen molar-refractivity contribution in [2.45, 2.75) is 6.92 Å². The number of thiophene rings is 1. The Morgan fingerprint density at radius 3 is 2.42 bits per heavy atom. The van der Waals surface area contributed by atoms with Gasteiger partial charge in [0.25, 0.3) is 0 Å². The van der Waals surface area contributed by atoms with Gasteiger partial charge >= 0.3 is 0 Å². The summed E-state index contributed by atoms with van der Waals surface area (Å²) in [5.41, 5.74) is 4.18. The van der Waals surface area contributed by atoms with Crippen molar-refractivity contribution >= 4 is 53.2 Å². The average molecular weight is 619 g/mol. The topological polar surface area (TPSA) is 25.8 Å². The van der Waals surface area contributed by atoms with E-state index < -0.39 is 0 Å². The van der Waals surface area contributed by atoms with Gasteiger partial charge in [-0.15, -0.1) is 76.9 Å². The summed E-state index contributed by atoms with van der Waals surface area (Å²) < 4.78 is 2.68. The molecule has 1 radical (unpaired) electrons. The first kappa shape index (κ1) is 21.7. The van der Waals surface area contributed by atoms with Gasteiger partial charge in [0, 0.05) is 41.4 Å². The van der Waals surface area contributed by atoms with Crippen LogP contribution in [0.5, 0.6) is 0 Å². The predicted octanol–water partition coefficient (Wildman–Crippen LogP) is 7.85. The third-order valence-corrected chi connectivity index (χ3v) is 6.74. The molecule has 0 unspecified atom stereocenters. The Morgan fingerprint density at radius 1 is 0.758 bits per heavy atom. The Kier molecular flexibility index (Phi) is 5.90. The number of aromatic nitrogens is 2. The van der Waals surface area contributed by atoms with Gasteiger partial charge in [-0.05, 0) is 47.1 Å². The summed E-state index contributed by atoms with van der Waals surface area (Å²) in [6.07, 6.45) is 1.79. The Hall–Kier alpha value is -3.17. The van der Waals surface area contributed by atoms with Gasteiger partial charge in [-0.1, -0.05) is 35.0 Å². The molecule has 7 aromatic rings. The molecule has 0 saturated heterocycles. The van der Waals surface area contributed by atoms with Crippen LogP contribution in [-0.2, 0) is 20.1 Å². The summed E-state index contributed by atoms with van der Waals surface area (Å²) in [5, 5.41) is 6.38. The van der Waals surface area contributed by atoms with E-state index in [2.05, 4.69) is 60.4 Å². The van der Waals surface area contributed by atoms with E-state index in [0.29, 0.717) is 0 Å². The number of aryl methyl sites for hydroxylation is 1. The van der Waals surface area contributed by atoms with Gasteiger partial charge in [0.2, 0.25) is 0 Å². The number of nitrogens with zero attached hydrogens (tertiary/aromatic N) is 2. The summed E-state index contributed by atoms with van der Waals surface area (Å²) in [5.74, 6) is 0. The molecule has 0 amide bonds. The summed E-state index contributed by atoms with van der Waals surface area (Å²) in [6, 6.07) is 35.2. The number of benzene rings is 4. The zero-order valence-corrected chi connectivity index (χ0v) is 21.0. The van der Waals surface area contributed by atoms with Crippen LogP contribution in [0, 0.1) is 19.1 Å². The maximum Gasteiger partial charge on any atom is 0.0345 e. The summed E-state index contributed by atoms with van der Waals surface area (Å²) >= 11 is 1.86. The second kappa shape index (κ2) is 8.99. The quantitative estimate of drug-likeness (QED) is 0.138. The van der Waals surface area contributed by atoms with E-state index in [1.165, 1.54) is 30.9 Å². The van der Waals surface area contributed by atoms with Gasteiger partial charge in [0.15, 0.2) is 0 Å². The van der Waals surface area contributed by atoms with Crippen LogP contribution in [0.4, 0.5) is 0 Å². The minimum Gasteiger partial charge on any atom is -0.305 e. The van der Waals surface area contributed by atoms with Crippen molar-refractivity contribution in [3.05, 3.63) is 109 Å². The second-order valence-corrected chi connectivity index (χ2v) is 8.80. The van der Waals surface area contributed by atoms with E-state index in [4.69, 9.17) is 4.98 Å². The maximum absolute atomic E-state index is 4.80. The van der Waals surface area contributed by atoms with Crippen LogP contribution < -0.4 is 0 Å². The normalized spacial score (nSPS) is 10.9. The molecule has 7 rings (SSSR count). The Bertz CT molecular complexity index is 1640. The van der Waals surface area contributed by atoms with Crippen molar-refractivity contribution in [3.8, 4) is 11.3 Å². The van der Waals surface area contributed by atoms with Crippen molar-refractivity contribution in [1.29, 1.82) is 0 Å². The monoisotopic (exact) mass is 619 g/mol. The number of rotatable bonds is 1. The van der Waals surface area contributed by atoms with E-state index in [0.717, 1.165) is 27.9 Å². The van der Waals surface area contributed by atoms with Gasteiger partial charge in [-0.3, -0.25) is 0 Å². The zero-order chi connectivity index (χ0) is 21.5. The van der Waals surface area contributed by atoms with Crippen molar-refractivity contribution in [1.82, 2.24) is 9.97 Å². The molecule has 3 heterocycles. The number of pyridine rings is 2. The molecule has 0 bridgehead atoms. The van der Waals surface area contributed by atoms with E-state index in [-0.39, 0.29) is 20.1 Å². The van der Waals surface area contributed by atoms with Gasteiger partial charge in [-0.25, -0.2) is 0 Å². The standard InChI is InChI=1S/C18H10NS.C11H8N.Ir/c1-10-9-15-17-16-12(7-4-8-14(16)20-15)11-5-2-3-6-13(11)18(17)19-10;1-2-6-10(7-3-1)11-8-4-5-9-12-11;/h2-5,7-9H,1H3;1-6,8-9H;/q2*-1;. The average Bonchev–Trinajstić information content (AvgIpc) is 3.23. The minimum atomic E-state index is 0. The van der Waals surface area contributed by atoms with Crippen molar-refractivity contribution in [2.24, 2.45) is 0 Å². The Balaban J connectivity index is 0.000000152. The molecule has 0 atom stereocenters. The van der Waals surface area contributed by atoms with E-state index in [1.807, 2.05) is 59.9 Å². The zero-order valence-electron chi connectivity index (χ0n) is 17.8. The minimum absolute atomic E-state index is 0. The molecule has 0 aliphatic rings. The van der Waals surface area contributed by atoms with E-state index >= 15 is 0 Å². The molecule has 4 aromatic carbocycles. The van der Waals surface area contributed by atoms with Crippen LogP contribution in [0.1, 0.15) is 5.69 Å².